The summed E-state index contributed by atoms with van der Waals surface area (Å²) in [4.78, 5) is 12.6. The van der Waals surface area contributed by atoms with Crippen LogP contribution in [0.4, 0.5) is 0 Å². The van der Waals surface area contributed by atoms with E-state index in [9.17, 15) is 4.79 Å². The highest BCUT2D eigenvalue weighted by atomic mass is 16.5. The Hall–Kier alpha value is -2.29. The molecule has 0 amide bonds. The molecule has 1 saturated carbocycles. The number of rotatable bonds is 5. The summed E-state index contributed by atoms with van der Waals surface area (Å²) < 4.78 is 10.5. The summed E-state index contributed by atoms with van der Waals surface area (Å²) in [6, 6.07) is 13.6. The highest BCUT2D eigenvalue weighted by Crippen LogP contribution is 2.49. The molecule has 0 spiro atoms. The van der Waals surface area contributed by atoms with E-state index < -0.39 is 0 Å². The lowest BCUT2D eigenvalue weighted by atomic mass is 10.0. The smallest absolute Gasteiger partial charge is 0.166 e. The predicted molar refractivity (Wildman–Crippen MR) is 85.9 cm³/mol. The van der Waals surface area contributed by atoms with Gasteiger partial charge >= 0.3 is 0 Å². The summed E-state index contributed by atoms with van der Waals surface area (Å²) in [7, 11) is 3.30. The molecular formula is C19H20O3. The van der Waals surface area contributed by atoms with E-state index in [1.54, 1.807) is 14.2 Å². The summed E-state index contributed by atoms with van der Waals surface area (Å²) in [6.45, 7) is 1.96. The van der Waals surface area contributed by atoms with Crippen molar-refractivity contribution in [3.8, 4) is 11.5 Å². The summed E-state index contributed by atoms with van der Waals surface area (Å²) in [6.07, 6.45) is 0.914. The molecule has 1 aliphatic carbocycles. The van der Waals surface area contributed by atoms with E-state index in [2.05, 4.69) is 6.07 Å². The van der Waals surface area contributed by atoms with Gasteiger partial charge in [0.05, 0.1) is 14.2 Å². The molecule has 0 heterocycles. The van der Waals surface area contributed by atoms with Crippen molar-refractivity contribution in [2.45, 2.75) is 19.3 Å². The van der Waals surface area contributed by atoms with E-state index in [0.29, 0.717) is 5.92 Å². The topological polar surface area (TPSA) is 35.5 Å². The zero-order valence-corrected chi connectivity index (χ0v) is 13.1. The molecule has 0 aliphatic heterocycles. The van der Waals surface area contributed by atoms with E-state index in [0.717, 1.165) is 29.0 Å². The number of Topliss-reactive ketones (excluding diaryl/α,β-unsaturated/α-hetero) is 1. The summed E-state index contributed by atoms with van der Waals surface area (Å²) in [5.41, 5.74) is 2.95. The van der Waals surface area contributed by atoms with Gasteiger partial charge in [-0.15, -0.1) is 0 Å². The zero-order valence-electron chi connectivity index (χ0n) is 13.1. The fourth-order valence-corrected chi connectivity index (χ4v) is 2.97. The van der Waals surface area contributed by atoms with Crippen LogP contribution in [0.25, 0.3) is 0 Å². The number of hydrogen-bond donors (Lipinski definition) is 0. The number of methoxy groups -OCH3 is 2. The van der Waals surface area contributed by atoms with Crippen LogP contribution < -0.4 is 9.47 Å². The normalized spacial score (nSPS) is 19.6. The second kappa shape index (κ2) is 5.84. The van der Waals surface area contributed by atoms with Gasteiger partial charge in [0.15, 0.2) is 5.78 Å². The number of ether oxygens (including phenoxy) is 2. The van der Waals surface area contributed by atoms with Crippen LogP contribution in [-0.2, 0) is 0 Å². The average molecular weight is 296 g/mol. The van der Waals surface area contributed by atoms with Crippen molar-refractivity contribution in [3.05, 3.63) is 59.2 Å². The molecule has 2 atom stereocenters. The van der Waals surface area contributed by atoms with E-state index in [-0.39, 0.29) is 11.7 Å². The third-order valence-electron chi connectivity index (χ3n) is 4.33. The molecule has 0 aromatic heterocycles. The van der Waals surface area contributed by atoms with Gasteiger partial charge in [0.2, 0.25) is 0 Å². The monoisotopic (exact) mass is 296 g/mol. The van der Waals surface area contributed by atoms with Crippen molar-refractivity contribution in [1.82, 2.24) is 0 Å². The van der Waals surface area contributed by atoms with E-state index in [4.69, 9.17) is 9.47 Å². The Morgan fingerprint density at radius 3 is 2.59 bits per heavy atom. The van der Waals surface area contributed by atoms with Crippen LogP contribution in [0.5, 0.6) is 11.5 Å². The minimum absolute atomic E-state index is 0.0832. The van der Waals surface area contributed by atoms with Crippen LogP contribution >= 0.6 is 0 Å². The van der Waals surface area contributed by atoms with Crippen LogP contribution in [0.3, 0.4) is 0 Å². The molecule has 0 radical (unpaired) electrons. The quantitative estimate of drug-likeness (QED) is 0.782. The Bertz CT molecular complexity index is 706. The Balaban J connectivity index is 1.76. The van der Waals surface area contributed by atoms with Gasteiger partial charge in [0, 0.05) is 11.5 Å². The van der Waals surface area contributed by atoms with Crippen LogP contribution in [0.1, 0.15) is 33.8 Å². The van der Waals surface area contributed by atoms with Crippen LogP contribution in [0.2, 0.25) is 0 Å². The Kier molecular flexibility index (Phi) is 3.88. The maximum atomic E-state index is 12.6. The lowest BCUT2D eigenvalue weighted by Crippen LogP contribution is -2.04. The van der Waals surface area contributed by atoms with Crippen molar-refractivity contribution in [3.63, 3.8) is 0 Å². The molecule has 1 aliphatic rings. The van der Waals surface area contributed by atoms with Gasteiger partial charge in [-0.3, -0.25) is 4.79 Å². The van der Waals surface area contributed by atoms with E-state index in [1.165, 1.54) is 5.56 Å². The standard InChI is InChI=1S/C19H20O3/c1-12-9-14(7-8-18(12)22-3)19(20)17-11-16(17)13-5-4-6-15(10-13)21-2/h4-10,16-17H,11H2,1-3H3. The van der Waals surface area contributed by atoms with Crippen LogP contribution in [0.15, 0.2) is 42.5 Å². The highest BCUT2D eigenvalue weighted by Gasteiger charge is 2.44. The molecule has 3 rings (SSSR count). The number of carbonyl (C=O) groups is 1. The zero-order chi connectivity index (χ0) is 15.7. The average Bonchev–Trinajstić information content (AvgIpc) is 3.34. The third kappa shape index (κ3) is 2.71. The Morgan fingerprint density at radius 2 is 1.91 bits per heavy atom. The van der Waals surface area contributed by atoms with Gasteiger partial charge in [0.1, 0.15) is 11.5 Å². The molecule has 2 unspecified atom stereocenters. The molecule has 22 heavy (non-hydrogen) atoms. The molecule has 2 aromatic rings. The minimum atomic E-state index is 0.0832. The van der Waals surface area contributed by atoms with Crippen molar-refractivity contribution in [2.75, 3.05) is 14.2 Å². The fourth-order valence-electron chi connectivity index (χ4n) is 2.97. The second-order valence-corrected chi connectivity index (χ2v) is 5.77. The first-order chi connectivity index (χ1) is 10.6. The first kappa shape index (κ1) is 14.6. The number of benzene rings is 2. The summed E-state index contributed by atoms with van der Waals surface area (Å²) >= 11 is 0. The van der Waals surface area contributed by atoms with Crippen LogP contribution in [0, 0.1) is 12.8 Å². The third-order valence-corrected chi connectivity index (χ3v) is 4.33. The van der Waals surface area contributed by atoms with Gasteiger partial charge in [-0.1, -0.05) is 12.1 Å². The van der Waals surface area contributed by atoms with Crippen molar-refractivity contribution >= 4 is 5.78 Å². The molecule has 3 heteroatoms. The summed E-state index contributed by atoms with van der Waals surface area (Å²) in [5.74, 6) is 2.27. The SMILES string of the molecule is COc1cccc(C2CC2C(=O)c2ccc(OC)c(C)c2)c1. The number of ketones is 1. The molecule has 2 aromatic carbocycles. The maximum Gasteiger partial charge on any atom is 0.166 e. The Morgan fingerprint density at radius 1 is 1.09 bits per heavy atom. The number of carbonyl (C=O) groups excluding carboxylic acids is 1. The fraction of sp³-hybridized carbons (Fsp3) is 0.316. The molecular weight excluding hydrogens is 276 g/mol. The predicted octanol–water partition coefficient (Wildman–Crippen LogP) is 4.00. The number of aryl methyl sites for hydroxylation is 1. The van der Waals surface area contributed by atoms with Crippen LogP contribution in [-0.4, -0.2) is 20.0 Å². The van der Waals surface area contributed by atoms with Crippen molar-refractivity contribution in [2.24, 2.45) is 5.92 Å². The van der Waals surface area contributed by atoms with Gasteiger partial charge in [-0.25, -0.2) is 0 Å². The van der Waals surface area contributed by atoms with E-state index in [1.807, 2.05) is 43.3 Å². The molecule has 3 nitrogen and oxygen atoms in total. The maximum absolute atomic E-state index is 12.6. The van der Waals surface area contributed by atoms with Crippen molar-refractivity contribution in [1.29, 1.82) is 0 Å². The summed E-state index contributed by atoms with van der Waals surface area (Å²) in [5, 5.41) is 0. The van der Waals surface area contributed by atoms with Gasteiger partial charge < -0.3 is 9.47 Å². The number of hydrogen-bond acceptors (Lipinski definition) is 3. The molecule has 0 N–H and O–H groups in total. The molecule has 114 valence electrons. The second-order valence-electron chi connectivity index (χ2n) is 5.77. The highest BCUT2D eigenvalue weighted by molar-refractivity contribution is 6.00. The van der Waals surface area contributed by atoms with Crippen molar-refractivity contribution < 1.29 is 14.3 Å². The minimum Gasteiger partial charge on any atom is -0.497 e. The molecule has 1 fully saturated rings. The van der Waals surface area contributed by atoms with E-state index >= 15 is 0 Å². The first-order valence-electron chi connectivity index (χ1n) is 7.47. The Labute approximate surface area is 130 Å². The lowest BCUT2D eigenvalue weighted by molar-refractivity contribution is 0.0965. The molecule has 0 saturated heterocycles. The van der Waals surface area contributed by atoms with Gasteiger partial charge in [-0.2, -0.15) is 0 Å². The largest absolute Gasteiger partial charge is 0.497 e. The lowest BCUT2D eigenvalue weighted by Gasteiger charge is -2.07. The van der Waals surface area contributed by atoms with Gasteiger partial charge in [-0.05, 0) is 60.7 Å². The molecule has 0 bridgehead atoms. The first-order valence-corrected chi connectivity index (χ1v) is 7.47. The van der Waals surface area contributed by atoms with Gasteiger partial charge in [0.25, 0.3) is 0 Å².